The van der Waals surface area contributed by atoms with Crippen LogP contribution in [0.1, 0.15) is 112 Å². The lowest BCUT2D eigenvalue weighted by molar-refractivity contribution is 0.281. The molecule has 3 nitrogen and oxygen atoms in total. The predicted octanol–water partition coefficient (Wildman–Crippen LogP) is 18.1. The number of aryl methyl sites for hydroxylation is 1. The fourth-order valence-electron chi connectivity index (χ4n) is 16.0. The topological polar surface area (TPSA) is 9.72 Å². The largest absolute Gasteiger partial charge is 0.334 e. The quantitative estimate of drug-likeness (QED) is 0.154. The van der Waals surface area contributed by atoms with E-state index >= 15 is 0 Å². The number of benzene rings is 10. The number of rotatable bonds is 6. The molecular formula is C79H74BN3. The monoisotopic (exact) mass is 1080 g/mol. The van der Waals surface area contributed by atoms with Crippen molar-refractivity contribution in [2.45, 2.75) is 117 Å². The molecule has 0 aromatic heterocycles. The van der Waals surface area contributed by atoms with Crippen molar-refractivity contribution in [1.29, 1.82) is 0 Å². The summed E-state index contributed by atoms with van der Waals surface area (Å²) < 4.78 is 0. The van der Waals surface area contributed by atoms with Crippen LogP contribution in [-0.4, -0.2) is 12.3 Å². The van der Waals surface area contributed by atoms with E-state index < -0.39 is 0 Å². The second kappa shape index (κ2) is 18.3. The first-order chi connectivity index (χ1) is 39.9. The van der Waals surface area contributed by atoms with E-state index in [1.165, 1.54) is 134 Å². The fraction of sp³-hybridized carbons (Fsp3) is 0.241. The van der Waals surface area contributed by atoms with Crippen molar-refractivity contribution in [1.82, 2.24) is 0 Å². The van der Waals surface area contributed by atoms with Crippen molar-refractivity contribution < 1.29 is 0 Å². The van der Waals surface area contributed by atoms with Crippen molar-refractivity contribution >= 4 is 68.6 Å². The van der Waals surface area contributed by atoms with Crippen molar-refractivity contribution in [2.24, 2.45) is 5.41 Å². The average Bonchev–Trinajstić information content (AvgIpc) is 2.03. The van der Waals surface area contributed by atoms with Crippen LogP contribution < -0.4 is 31.1 Å². The molecule has 2 atom stereocenters. The summed E-state index contributed by atoms with van der Waals surface area (Å²) in [5.41, 5.74) is 30.7. The summed E-state index contributed by atoms with van der Waals surface area (Å²) in [4.78, 5) is 8.16. The molecule has 0 amide bonds. The van der Waals surface area contributed by atoms with Gasteiger partial charge in [0.2, 0.25) is 0 Å². The Hall–Kier alpha value is -8.34. The van der Waals surface area contributed by atoms with Crippen LogP contribution in [0.5, 0.6) is 0 Å². The molecule has 0 bridgehead atoms. The molecule has 5 aliphatic rings. The minimum Gasteiger partial charge on any atom is -0.334 e. The van der Waals surface area contributed by atoms with E-state index in [0.717, 1.165) is 25.7 Å². The molecule has 10 aromatic carbocycles. The molecule has 408 valence electrons. The third-order valence-corrected chi connectivity index (χ3v) is 19.9. The Morgan fingerprint density at radius 1 is 0.398 bits per heavy atom. The molecule has 2 unspecified atom stereocenters. The molecule has 0 saturated carbocycles. The standard InChI is InChI=1S/C79H74BN3/c1-51-40-72-74-73(41-51)82(68-39-35-60(76(5,6)7)45-63(68)53-26-16-12-17-27-53)71-46-61(83-69-33-23-22-32-64(69)79(58-30-18-13-19-31-58)50-55-29-21-20-28-54(55)49-78(79,83)10)36-37-65(71)80(74)66-42-56-47-77(8,9)48-57(56)43-70(66)81(72)67-38-34-59(75(2,3)4)44-62(67)52-24-14-11-15-25-52/h11-46H,47-50H2,1-10H3. The number of para-hydroxylation sites is 1. The van der Waals surface area contributed by atoms with E-state index in [2.05, 4.69) is 302 Å². The van der Waals surface area contributed by atoms with Gasteiger partial charge in [0.1, 0.15) is 0 Å². The Kier molecular flexibility index (Phi) is 11.4. The maximum Gasteiger partial charge on any atom is 0.252 e. The summed E-state index contributed by atoms with van der Waals surface area (Å²) in [5.74, 6) is 0. The van der Waals surface area contributed by atoms with Gasteiger partial charge in [0.05, 0.1) is 16.9 Å². The molecule has 4 heteroatoms. The Bertz CT molecular complexity index is 4260. The van der Waals surface area contributed by atoms with Gasteiger partial charge < -0.3 is 14.7 Å². The Morgan fingerprint density at radius 2 is 0.904 bits per heavy atom. The summed E-state index contributed by atoms with van der Waals surface area (Å²) in [7, 11) is 0. The van der Waals surface area contributed by atoms with Gasteiger partial charge in [-0.1, -0.05) is 213 Å². The highest BCUT2D eigenvalue weighted by Gasteiger charge is 2.62. The van der Waals surface area contributed by atoms with Crippen molar-refractivity contribution in [2.75, 3.05) is 14.7 Å². The van der Waals surface area contributed by atoms with Crippen LogP contribution in [-0.2, 0) is 41.9 Å². The van der Waals surface area contributed by atoms with Gasteiger partial charge in [0.15, 0.2) is 0 Å². The smallest absolute Gasteiger partial charge is 0.252 e. The first-order valence-corrected chi connectivity index (χ1v) is 30.4. The lowest BCUT2D eigenvalue weighted by Crippen LogP contribution is -2.62. The number of anilines is 8. The van der Waals surface area contributed by atoms with E-state index in [1.807, 2.05) is 0 Å². The van der Waals surface area contributed by atoms with Gasteiger partial charge in [-0.3, -0.25) is 0 Å². The Labute approximate surface area is 493 Å². The SMILES string of the molecule is Cc1cc2c3c(c1)N(c1ccc(C(C)(C)C)cc1-c1ccccc1)c1cc4c(cc1B3c1ccc(N3c5ccccc5C5(c6ccccc6)Cc6ccccc6CC35C)cc1N2c1ccc(C(C)(C)C)cc1-c1ccccc1)CC(C)(C)C4. The highest BCUT2D eigenvalue weighted by Crippen LogP contribution is 2.63. The number of hydrogen-bond acceptors (Lipinski definition) is 3. The lowest BCUT2D eigenvalue weighted by Gasteiger charge is -2.53. The van der Waals surface area contributed by atoms with Gasteiger partial charge in [-0.25, -0.2) is 0 Å². The van der Waals surface area contributed by atoms with E-state index in [9.17, 15) is 0 Å². The third-order valence-electron chi connectivity index (χ3n) is 19.9. The third kappa shape index (κ3) is 7.84. The van der Waals surface area contributed by atoms with Crippen LogP contribution in [0.25, 0.3) is 22.3 Å². The zero-order chi connectivity index (χ0) is 57.0. The van der Waals surface area contributed by atoms with Crippen LogP contribution in [0.4, 0.5) is 45.5 Å². The molecule has 15 rings (SSSR count). The highest BCUT2D eigenvalue weighted by atomic mass is 15.3. The van der Waals surface area contributed by atoms with Crippen molar-refractivity contribution in [3.63, 3.8) is 0 Å². The number of nitrogens with zero attached hydrogens (tertiary/aromatic N) is 3. The number of hydrogen-bond donors (Lipinski definition) is 0. The zero-order valence-corrected chi connectivity index (χ0v) is 50.0. The summed E-state index contributed by atoms with van der Waals surface area (Å²) in [6.07, 6.45) is 3.94. The Balaban J connectivity index is 1.04. The molecule has 10 aromatic rings. The molecule has 2 aliphatic carbocycles. The maximum atomic E-state index is 2.78. The Morgan fingerprint density at radius 3 is 1.48 bits per heavy atom. The molecule has 0 N–H and O–H groups in total. The summed E-state index contributed by atoms with van der Waals surface area (Å²) >= 11 is 0. The molecule has 0 fully saturated rings. The molecule has 3 heterocycles. The minimum atomic E-state index is -0.365. The second-order valence-corrected chi connectivity index (χ2v) is 28.0. The van der Waals surface area contributed by atoms with Crippen LogP contribution >= 0.6 is 0 Å². The van der Waals surface area contributed by atoms with E-state index in [4.69, 9.17) is 0 Å². The van der Waals surface area contributed by atoms with Crippen molar-refractivity contribution in [3.05, 3.63) is 268 Å². The predicted molar refractivity (Wildman–Crippen MR) is 353 cm³/mol. The molecule has 3 aliphatic heterocycles. The van der Waals surface area contributed by atoms with Crippen LogP contribution in [0.2, 0.25) is 0 Å². The van der Waals surface area contributed by atoms with E-state index in [0.29, 0.717) is 0 Å². The average molecular weight is 1080 g/mol. The van der Waals surface area contributed by atoms with Crippen molar-refractivity contribution in [3.8, 4) is 22.3 Å². The van der Waals surface area contributed by atoms with Gasteiger partial charge in [-0.05, 0) is 194 Å². The normalized spacial score (nSPS) is 18.9. The van der Waals surface area contributed by atoms with Gasteiger partial charge in [-0.2, -0.15) is 0 Å². The highest BCUT2D eigenvalue weighted by molar-refractivity contribution is 7.00. The molecular weight excluding hydrogens is 1000 g/mol. The van der Waals surface area contributed by atoms with Crippen LogP contribution in [0.3, 0.4) is 0 Å². The van der Waals surface area contributed by atoms with Crippen LogP contribution in [0, 0.1) is 12.3 Å². The van der Waals surface area contributed by atoms with Crippen LogP contribution in [0.15, 0.2) is 218 Å². The molecule has 83 heavy (non-hydrogen) atoms. The summed E-state index contributed by atoms with van der Waals surface area (Å²) in [6, 6.07) is 85.0. The van der Waals surface area contributed by atoms with Gasteiger partial charge in [0.25, 0.3) is 6.71 Å². The van der Waals surface area contributed by atoms with Gasteiger partial charge in [-0.15, -0.1) is 0 Å². The zero-order valence-electron chi connectivity index (χ0n) is 50.0. The fourth-order valence-corrected chi connectivity index (χ4v) is 16.0. The van der Waals surface area contributed by atoms with Gasteiger partial charge >= 0.3 is 0 Å². The molecule has 0 radical (unpaired) electrons. The molecule has 0 saturated heterocycles. The summed E-state index contributed by atoms with van der Waals surface area (Å²) in [6.45, 7) is 23.8. The first-order valence-electron chi connectivity index (χ1n) is 30.4. The van der Waals surface area contributed by atoms with Gasteiger partial charge in [0, 0.05) is 50.7 Å². The second-order valence-electron chi connectivity index (χ2n) is 28.0. The minimum absolute atomic E-state index is 0.0387. The number of fused-ring (bicyclic) bond motifs is 9. The molecule has 0 spiro atoms. The van der Waals surface area contributed by atoms with E-state index in [-0.39, 0.29) is 33.9 Å². The lowest BCUT2D eigenvalue weighted by atomic mass is 9.33. The summed E-state index contributed by atoms with van der Waals surface area (Å²) in [5, 5.41) is 0. The first kappa shape index (κ1) is 51.5. The van der Waals surface area contributed by atoms with E-state index in [1.54, 1.807) is 0 Å². The maximum absolute atomic E-state index is 2.78.